The molecule has 1 fully saturated rings. The molecule has 0 heterocycles. The van der Waals surface area contributed by atoms with E-state index in [1.807, 2.05) is 18.2 Å². The first-order valence-electron chi connectivity index (χ1n) is 5.71. The van der Waals surface area contributed by atoms with Crippen LogP contribution in [-0.4, -0.2) is 23.6 Å². The first-order valence-corrected chi connectivity index (χ1v) is 5.71. The molecular formula is C13H14N2O2. The molecule has 88 valence electrons. The standard InChI is InChI=1S/C13H14N2O2/c14-9-4-10-15(11-7-8-11)13(16)17-12-5-2-1-3-6-12/h1-3,5-6,11H,4,7-8,10H2. The van der Waals surface area contributed by atoms with Crippen molar-refractivity contribution in [3.8, 4) is 11.8 Å². The minimum Gasteiger partial charge on any atom is -0.410 e. The Morgan fingerprint density at radius 1 is 1.41 bits per heavy atom. The predicted octanol–water partition coefficient (Wildman–Crippen LogP) is 2.56. The fraction of sp³-hybridized carbons (Fsp3) is 0.385. The van der Waals surface area contributed by atoms with Crippen LogP contribution in [0.5, 0.6) is 5.75 Å². The van der Waals surface area contributed by atoms with Crippen molar-refractivity contribution in [2.75, 3.05) is 6.54 Å². The quantitative estimate of drug-likeness (QED) is 0.798. The van der Waals surface area contributed by atoms with Crippen molar-refractivity contribution in [1.82, 2.24) is 4.90 Å². The first-order chi connectivity index (χ1) is 8.31. The smallest absolute Gasteiger partial charge is 0.410 e. The van der Waals surface area contributed by atoms with E-state index >= 15 is 0 Å². The molecule has 0 atom stereocenters. The molecule has 0 spiro atoms. The maximum absolute atomic E-state index is 11.9. The summed E-state index contributed by atoms with van der Waals surface area (Å²) in [4.78, 5) is 13.5. The van der Waals surface area contributed by atoms with E-state index in [9.17, 15) is 4.79 Å². The van der Waals surface area contributed by atoms with Gasteiger partial charge >= 0.3 is 6.09 Å². The van der Waals surface area contributed by atoms with Gasteiger partial charge in [-0.05, 0) is 25.0 Å². The lowest BCUT2D eigenvalue weighted by atomic mass is 10.3. The van der Waals surface area contributed by atoms with E-state index in [4.69, 9.17) is 10.00 Å². The van der Waals surface area contributed by atoms with Gasteiger partial charge in [0.05, 0.1) is 12.5 Å². The number of ether oxygens (including phenoxy) is 1. The zero-order chi connectivity index (χ0) is 12.1. The molecular weight excluding hydrogens is 216 g/mol. The van der Waals surface area contributed by atoms with Crippen LogP contribution in [0.25, 0.3) is 0 Å². The summed E-state index contributed by atoms with van der Waals surface area (Å²) in [6.45, 7) is 0.451. The van der Waals surface area contributed by atoms with Gasteiger partial charge in [-0.25, -0.2) is 4.79 Å². The Labute approximate surface area is 100 Å². The van der Waals surface area contributed by atoms with Crippen molar-refractivity contribution in [3.63, 3.8) is 0 Å². The van der Waals surface area contributed by atoms with E-state index in [-0.39, 0.29) is 12.1 Å². The van der Waals surface area contributed by atoms with Crippen LogP contribution in [0.4, 0.5) is 4.79 Å². The molecule has 0 aliphatic heterocycles. The summed E-state index contributed by atoms with van der Waals surface area (Å²) < 4.78 is 5.25. The van der Waals surface area contributed by atoms with Gasteiger partial charge in [0.1, 0.15) is 5.75 Å². The van der Waals surface area contributed by atoms with E-state index in [0.29, 0.717) is 18.7 Å². The zero-order valence-corrected chi connectivity index (χ0v) is 9.50. The maximum Gasteiger partial charge on any atom is 0.415 e. The molecule has 4 nitrogen and oxygen atoms in total. The van der Waals surface area contributed by atoms with Crippen LogP contribution >= 0.6 is 0 Å². The second-order valence-electron chi connectivity index (χ2n) is 4.01. The van der Waals surface area contributed by atoms with Crippen LogP contribution in [-0.2, 0) is 0 Å². The Hall–Kier alpha value is -2.02. The molecule has 1 amide bonds. The number of amides is 1. The number of carbonyl (C=O) groups excluding carboxylic acids is 1. The van der Waals surface area contributed by atoms with Crippen molar-refractivity contribution < 1.29 is 9.53 Å². The number of para-hydroxylation sites is 1. The molecule has 0 unspecified atom stereocenters. The Kier molecular flexibility index (Phi) is 3.61. The average molecular weight is 230 g/mol. The third-order valence-electron chi connectivity index (χ3n) is 2.64. The van der Waals surface area contributed by atoms with Crippen molar-refractivity contribution >= 4 is 6.09 Å². The molecule has 0 saturated heterocycles. The van der Waals surface area contributed by atoms with Gasteiger partial charge in [0.2, 0.25) is 0 Å². The average Bonchev–Trinajstić information content (AvgIpc) is 3.15. The Bertz CT molecular complexity index is 421. The highest BCUT2D eigenvalue weighted by Gasteiger charge is 2.33. The van der Waals surface area contributed by atoms with Gasteiger partial charge in [-0.1, -0.05) is 18.2 Å². The molecule has 1 aromatic rings. The zero-order valence-electron chi connectivity index (χ0n) is 9.50. The Morgan fingerprint density at radius 2 is 2.12 bits per heavy atom. The van der Waals surface area contributed by atoms with Gasteiger partial charge in [0.15, 0.2) is 0 Å². The largest absolute Gasteiger partial charge is 0.415 e. The number of hydrogen-bond donors (Lipinski definition) is 0. The van der Waals surface area contributed by atoms with Crippen LogP contribution in [0.1, 0.15) is 19.3 Å². The molecule has 0 N–H and O–H groups in total. The van der Waals surface area contributed by atoms with E-state index < -0.39 is 0 Å². The molecule has 0 bridgehead atoms. The molecule has 1 aliphatic rings. The summed E-state index contributed by atoms with van der Waals surface area (Å²) in [5.41, 5.74) is 0. The van der Waals surface area contributed by atoms with Gasteiger partial charge in [0.25, 0.3) is 0 Å². The maximum atomic E-state index is 11.9. The highest BCUT2D eigenvalue weighted by atomic mass is 16.6. The molecule has 0 aromatic heterocycles. The van der Waals surface area contributed by atoms with Gasteiger partial charge in [0, 0.05) is 12.6 Å². The molecule has 4 heteroatoms. The van der Waals surface area contributed by atoms with Gasteiger partial charge in [-0.3, -0.25) is 0 Å². The third kappa shape index (κ3) is 3.22. The fourth-order valence-electron chi connectivity index (χ4n) is 1.63. The number of hydrogen-bond acceptors (Lipinski definition) is 3. The molecule has 2 rings (SSSR count). The minimum atomic E-state index is -0.353. The topological polar surface area (TPSA) is 53.3 Å². The minimum absolute atomic E-state index is 0.263. The highest BCUT2D eigenvalue weighted by Crippen LogP contribution is 2.27. The predicted molar refractivity (Wildman–Crippen MR) is 62.4 cm³/mol. The lowest BCUT2D eigenvalue weighted by Crippen LogP contribution is -2.36. The third-order valence-corrected chi connectivity index (χ3v) is 2.64. The second kappa shape index (κ2) is 5.35. The Morgan fingerprint density at radius 3 is 2.71 bits per heavy atom. The Balaban J connectivity index is 1.95. The molecule has 0 radical (unpaired) electrons. The number of rotatable bonds is 4. The lowest BCUT2D eigenvalue weighted by Gasteiger charge is -2.20. The molecule has 1 aliphatic carbocycles. The lowest BCUT2D eigenvalue weighted by molar-refractivity contribution is 0.150. The second-order valence-corrected chi connectivity index (χ2v) is 4.01. The SMILES string of the molecule is N#CCCN(C(=O)Oc1ccccc1)C1CC1. The van der Waals surface area contributed by atoms with Crippen LogP contribution in [0, 0.1) is 11.3 Å². The summed E-state index contributed by atoms with van der Waals surface area (Å²) >= 11 is 0. The normalized spacial score (nSPS) is 13.8. The van der Waals surface area contributed by atoms with Crippen LogP contribution in [0.2, 0.25) is 0 Å². The van der Waals surface area contributed by atoms with Crippen molar-refractivity contribution in [2.24, 2.45) is 0 Å². The number of carbonyl (C=O) groups is 1. The van der Waals surface area contributed by atoms with Gasteiger partial charge in [-0.15, -0.1) is 0 Å². The highest BCUT2D eigenvalue weighted by molar-refractivity contribution is 5.71. The van der Waals surface area contributed by atoms with E-state index in [2.05, 4.69) is 6.07 Å². The van der Waals surface area contributed by atoms with Crippen molar-refractivity contribution in [3.05, 3.63) is 30.3 Å². The summed E-state index contributed by atoms with van der Waals surface area (Å²) in [5.74, 6) is 0.542. The van der Waals surface area contributed by atoms with Crippen molar-refractivity contribution in [2.45, 2.75) is 25.3 Å². The van der Waals surface area contributed by atoms with E-state index in [1.165, 1.54) is 0 Å². The number of nitriles is 1. The molecule has 17 heavy (non-hydrogen) atoms. The van der Waals surface area contributed by atoms with Crippen LogP contribution < -0.4 is 4.74 Å². The van der Waals surface area contributed by atoms with Gasteiger partial charge < -0.3 is 9.64 Å². The van der Waals surface area contributed by atoms with E-state index in [0.717, 1.165) is 12.8 Å². The summed E-state index contributed by atoms with van der Waals surface area (Å²) in [5, 5.41) is 8.56. The van der Waals surface area contributed by atoms with Gasteiger partial charge in [-0.2, -0.15) is 5.26 Å². The van der Waals surface area contributed by atoms with Crippen molar-refractivity contribution in [1.29, 1.82) is 5.26 Å². The summed E-state index contributed by atoms with van der Waals surface area (Å²) in [7, 11) is 0. The summed E-state index contributed by atoms with van der Waals surface area (Å²) in [6.07, 6.45) is 2.01. The number of nitrogens with zero attached hydrogens (tertiary/aromatic N) is 2. The molecule has 1 aromatic carbocycles. The first kappa shape index (κ1) is 11.5. The number of benzene rings is 1. The summed E-state index contributed by atoms with van der Waals surface area (Å²) in [6, 6.07) is 11.3. The monoisotopic (exact) mass is 230 g/mol. The van der Waals surface area contributed by atoms with Crippen LogP contribution in [0.3, 0.4) is 0 Å². The fourth-order valence-corrected chi connectivity index (χ4v) is 1.63. The van der Waals surface area contributed by atoms with Crippen LogP contribution in [0.15, 0.2) is 30.3 Å². The molecule has 1 saturated carbocycles. The van der Waals surface area contributed by atoms with E-state index in [1.54, 1.807) is 17.0 Å².